The van der Waals surface area contributed by atoms with E-state index in [4.69, 9.17) is 15.0 Å². The number of nitrogens with two attached hydrogens (primary N) is 1. The van der Waals surface area contributed by atoms with Crippen LogP contribution in [-0.4, -0.2) is 29.2 Å². The zero-order valence-corrected chi connectivity index (χ0v) is 16.4. The molecule has 0 saturated heterocycles. The van der Waals surface area contributed by atoms with Crippen LogP contribution in [0.4, 0.5) is 5.88 Å². The average Bonchev–Trinajstić information content (AvgIpc) is 3.03. The van der Waals surface area contributed by atoms with Gasteiger partial charge in [-0.1, -0.05) is 25.9 Å². The molecule has 0 spiro atoms. The summed E-state index contributed by atoms with van der Waals surface area (Å²) in [7, 11) is 1.55. The summed E-state index contributed by atoms with van der Waals surface area (Å²) in [5, 5.41) is 7.06. The van der Waals surface area contributed by atoms with Crippen molar-refractivity contribution in [1.82, 2.24) is 15.5 Å². The predicted molar refractivity (Wildman–Crippen MR) is 103 cm³/mol. The van der Waals surface area contributed by atoms with Gasteiger partial charge in [0, 0.05) is 23.9 Å². The molecule has 1 amide bonds. The Morgan fingerprint density at radius 2 is 1.96 bits per heavy atom. The molecule has 1 fully saturated rings. The van der Waals surface area contributed by atoms with Crippen molar-refractivity contribution in [2.24, 2.45) is 11.3 Å². The summed E-state index contributed by atoms with van der Waals surface area (Å²) in [4.78, 5) is 17.0. The third-order valence-electron chi connectivity index (χ3n) is 5.45. The topological polar surface area (TPSA) is 103 Å². The van der Waals surface area contributed by atoms with Gasteiger partial charge in [0.1, 0.15) is 11.3 Å². The van der Waals surface area contributed by atoms with Crippen LogP contribution >= 0.6 is 0 Å². The van der Waals surface area contributed by atoms with E-state index in [1.165, 1.54) is 0 Å². The molecule has 7 nitrogen and oxygen atoms in total. The summed E-state index contributed by atoms with van der Waals surface area (Å²) < 4.78 is 10.1. The summed E-state index contributed by atoms with van der Waals surface area (Å²) in [6, 6.07) is 3.62. The van der Waals surface area contributed by atoms with Crippen LogP contribution in [0.15, 0.2) is 22.9 Å². The quantitative estimate of drug-likeness (QED) is 0.849. The Balaban J connectivity index is 1.71. The number of hydrogen-bond donors (Lipinski definition) is 2. The standard InChI is InChI=1S/C20H28N4O3/c1-20(2,3)13-6-8-14(9-7-13)23-19(25)16-17(24-27-18(16)21)12-5-10-15(26-4)22-11-12/h5,10-11,13-14H,6-9,21H2,1-4H3,(H,23,25). The lowest BCUT2D eigenvalue weighted by Gasteiger charge is -2.37. The highest BCUT2D eigenvalue weighted by atomic mass is 16.5. The summed E-state index contributed by atoms with van der Waals surface area (Å²) in [5.41, 5.74) is 7.50. The third kappa shape index (κ3) is 4.23. The van der Waals surface area contributed by atoms with Crippen molar-refractivity contribution in [2.45, 2.75) is 52.5 Å². The summed E-state index contributed by atoms with van der Waals surface area (Å²) in [6.45, 7) is 6.84. The summed E-state index contributed by atoms with van der Waals surface area (Å²) in [5.74, 6) is 0.935. The van der Waals surface area contributed by atoms with Gasteiger partial charge in [-0.3, -0.25) is 4.79 Å². The van der Waals surface area contributed by atoms with Crippen LogP contribution in [0.5, 0.6) is 5.88 Å². The van der Waals surface area contributed by atoms with Crippen LogP contribution in [0.25, 0.3) is 11.3 Å². The van der Waals surface area contributed by atoms with Crippen molar-refractivity contribution in [1.29, 1.82) is 0 Å². The van der Waals surface area contributed by atoms with Gasteiger partial charge < -0.3 is 20.3 Å². The smallest absolute Gasteiger partial charge is 0.259 e. The van der Waals surface area contributed by atoms with E-state index in [-0.39, 0.29) is 23.4 Å². The minimum absolute atomic E-state index is 0.0155. The maximum absolute atomic E-state index is 12.9. The van der Waals surface area contributed by atoms with Crippen LogP contribution in [0.3, 0.4) is 0 Å². The normalized spacial score (nSPS) is 20.3. The Morgan fingerprint density at radius 1 is 1.26 bits per heavy atom. The number of amides is 1. The molecule has 2 aromatic heterocycles. The Morgan fingerprint density at radius 3 is 2.52 bits per heavy atom. The van der Waals surface area contributed by atoms with Gasteiger partial charge in [0.25, 0.3) is 5.91 Å². The first-order valence-corrected chi connectivity index (χ1v) is 9.36. The molecule has 2 aromatic rings. The second-order valence-corrected chi connectivity index (χ2v) is 8.25. The predicted octanol–water partition coefficient (Wildman–Crippen LogP) is 3.66. The number of aromatic nitrogens is 2. The Labute approximate surface area is 159 Å². The molecular formula is C20H28N4O3. The van der Waals surface area contributed by atoms with Crippen molar-refractivity contribution in [3.8, 4) is 17.1 Å². The molecule has 3 rings (SSSR count). The first-order valence-electron chi connectivity index (χ1n) is 9.36. The maximum Gasteiger partial charge on any atom is 0.259 e. The van der Waals surface area contributed by atoms with Gasteiger partial charge in [-0.15, -0.1) is 0 Å². The number of methoxy groups -OCH3 is 1. The van der Waals surface area contributed by atoms with Gasteiger partial charge in [-0.05, 0) is 43.1 Å². The van der Waals surface area contributed by atoms with Gasteiger partial charge >= 0.3 is 0 Å². The maximum atomic E-state index is 12.9. The first-order chi connectivity index (χ1) is 12.8. The fraction of sp³-hybridized carbons (Fsp3) is 0.550. The number of nitrogens with zero attached hydrogens (tertiary/aromatic N) is 2. The lowest BCUT2D eigenvalue weighted by atomic mass is 9.71. The Hall–Kier alpha value is -2.57. The highest BCUT2D eigenvalue weighted by Crippen LogP contribution is 2.38. The lowest BCUT2D eigenvalue weighted by molar-refractivity contribution is 0.0905. The SMILES string of the molecule is COc1ccc(-c2noc(N)c2C(=O)NC2CCC(C(C)(C)C)CC2)cn1. The van der Waals surface area contributed by atoms with E-state index in [1.807, 2.05) is 0 Å². The molecule has 3 N–H and O–H groups in total. The van der Waals surface area contributed by atoms with Crippen LogP contribution < -0.4 is 15.8 Å². The fourth-order valence-electron chi connectivity index (χ4n) is 3.72. The molecule has 146 valence electrons. The Bertz CT molecular complexity index is 785. The van der Waals surface area contributed by atoms with Crippen LogP contribution in [-0.2, 0) is 0 Å². The number of rotatable bonds is 4. The van der Waals surface area contributed by atoms with Crippen molar-refractivity contribution in [2.75, 3.05) is 12.8 Å². The van der Waals surface area contributed by atoms with Crippen molar-refractivity contribution in [3.05, 3.63) is 23.9 Å². The van der Waals surface area contributed by atoms with E-state index in [9.17, 15) is 4.79 Å². The molecule has 1 saturated carbocycles. The van der Waals surface area contributed by atoms with E-state index in [1.54, 1.807) is 25.4 Å². The van der Waals surface area contributed by atoms with E-state index in [0.29, 0.717) is 28.5 Å². The number of carbonyl (C=O) groups is 1. The molecule has 2 heterocycles. The molecule has 0 atom stereocenters. The molecule has 27 heavy (non-hydrogen) atoms. The highest BCUT2D eigenvalue weighted by Gasteiger charge is 2.31. The second kappa shape index (κ2) is 7.58. The van der Waals surface area contributed by atoms with Crippen LogP contribution in [0, 0.1) is 11.3 Å². The molecule has 0 radical (unpaired) electrons. The first kappa shape index (κ1) is 19.2. The number of nitrogen functional groups attached to an aromatic ring is 1. The highest BCUT2D eigenvalue weighted by molar-refractivity contribution is 6.03. The molecular weight excluding hydrogens is 344 g/mol. The minimum Gasteiger partial charge on any atom is -0.481 e. The molecule has 0 aliphatic heterocycles. The molecule has 7 heteroatoms. The zero-order valence-electron chi connectivity index (χ0n) is 16.4. The van der Waals surface area contributed by atoms with Crippen LogP contribution in [0.1, 0.15) is 56.8 Å². The van der Waals surface area contributed by atoms with Crippen molar-refractivity contribution >= 4 is 11.8 Å². The monoisotopic (exact) mass is 372 g/mol. The number of anilines is 1. The average molecular weight is 372 g/mol. The van der Waals surface area contributed by atoms with Crippen molar-refractivity contribution in [3.63, 3.8) is 0 Å². The minimum atomic E-state index is -0.251. The summed E-state index contributed by atoms with van der Waals surface area (Å²) >= 11 is 0. The molecule has 0 unspecified atom stereocenters. The van der Waals surface area contributed by atoms with Crippen LogP contribution in [0.2, 0.25) is 0 Å². The van der Waals surface area contributed by atoms with E-state index >= 15 is 0 Å². The number of nitrogens with one attached hydrogen (secondary N) is 1. The fourth-order valence-corrected chi connectivity index (χ4v) is 3.72. The van der Waals surface area contributed by atoms with Gasteiger partial charge in [0.15, 0.2) is 0 Å². The van der Waals surface area contributed by atoms with E-state index in [0.717, 1.165) is 25.7 Å². The van der Waals surface area contributed by atoms with E-state index in [2.05, 4.69) is 36.2 Å². The number of ether oxygens (including phenoxy) is 1. The number of hydrogen-bond acceptors (Lipinski definition) is 6. The largest absolute Gasteiger partial charge is 0.481 e. The Kier molecular flexibility index (Phi) is 5.39. The number of carbonyl (C=O) groups excluding carboxylic acids is 1. The van der Waals surface area contributed by atoms with E-state index < -0.39 is 0 Å². The van der Waals surface area contributed by atoms with Crippen molar-refractivity contribution < 1.29 is 14.1 Å². The molecule has 1 aliphatic rings. The van der Waals surface area contributed by atoms with Gasteiger partial charge in [-0.25, -0.2) is 4.98 Å². The lowest BCUT2D eigenvalue weighted by Crippen LogP contribution is -2.39. The number of pyridine rings is 1. The van der Waals surface area contributed by atoms with Gasteiger partial charge in [-0.2, -0.15) is 0 Å². The molecule has 0 bridgehead atoms. The third-order valence-corrected chi connectivity index (χ3v) is 5.45. The summed E-state index contributed by atoms with van der Waals surface area (Å²) in [6.07, 6.45) is 5.75. The second-order valence-electron chi connectivity index (χ2n) is 8.25. The van der Waals surface area contributed by atoms with Gasteiger partial charge in [0.05, 0.1) is 7.11 Å². The zero-order chi connectivity index (χ0) is 19.6. The van der Waals surface area contributed by atoms with Gasteiger partial charge in [0.2, 0.25) is 11.8 Å². The molecule has 1 aliphatic carbocycles. The molecule has 0 aromatic carbocycles.